The Morgan fingerprint density at radius 3 is 2.62 bits per heavy atom. The first kappa shape index (κ1) is 15.5. The van der Waals surface area contributed by atoms with Crippen LogP contribution in [-0.4, -0.2) is 11.7 Å². The van der Waals surface area contributed by atoms with Crippen molar-refractivity contribution in [1.29, 1.82) is 0 Å². The first-order valence-corrected chi connectivity index (χ1v) is 7.13. The van der Waals surface area contributed by atoms with Crippen LogP contribution in [0.1, 0.15) is 6.92 Å². The van der Waals surface area contributed by atoms with E-state index in [9.17, 15) is 4.39 Å². The Bertz CT molecular complexity index is 651. The van der Waals surface area contributed by atoms with Crippen molar-refractivity contribution in [3.63, 3.8) is 0 Å². The first-order valence-electron chi connectivity index (χ1n) is 6.35. The average molecular weight is 325 g/mol. The smallest absolute Gasteiger partial charge is 0.175 e. The van der Waals surface area contributed by atoms with Crippen molar-refractivity contribution < 1.29 is 9.13 Å². The van der Waals surface area contributed by atoms with Crippen LogP contribution in [0.25, 0.3) is 0 Å². The lowest BCUT2D eigenvalue weighted by Crippen LogP contribution is -2.19. The first-order chi connectivity index (χ1) is 10.1. The topological polar surface area (TPSA) is 33.3 Å². The normalized spacial score (nSPS) is 10.0. The Hall–Kier alpha value is -1.85. The van der Waals surface area contributed by atoms with Gasteiger partial charge in [-0.1, -0.05) is 23.7 Å². The van der Waals surface area contributed by atoms with Gasteiger partial charge in [0, 0.05) is 0 Å². The summed E-state index contributed by atoms with van der Waals surface area (Å²) in [5, 5.41) is 6.55. The van der Waals surface area contributed by atoms with Crippen molar-refractivity contribution in [2.45, 2.75) is 6.92 Å². The molecule has 0 heterocycles. The molecule has 2 aromatic carbocycles. The lowest BCUT2D eigenvalue weighted by Gasteiger charge is -2.14. The number of hydrogen-bond acceptors (Lipinski definition) is 2. The zero-order valence-electron chi connectivity index (χ0n) is 11.3. The maximum absolute atomic E-state index is 13.0. The number of nitrogens with one attached hydrogen (secondary N) is 2. The van der Waals surface area contributed by atoms with Gasteiger partial charge in [-0.2, -0.15) is 0 Å². The number of anilines is 2. The number of ether oxygens (including phenoxy) is 1. The van der Waals surface area contributed by atoms with Crippen molar-refractivity contribution in [2.75, 3.05) is 17.2 Å². The van der Waals surface area contributed by atoms with Crippen LogP contribution in [0.5, 0.6) is 5.75 Å². The Morgan fingerprint density at radius 2 is 1.90 bits per heavy atom. The molecule has 0 saturated heterocycles. The van der Waals surface area contributed by atoms with E-state index in [1.165, 1.54) is 18.2 Å². The molecule has 2 rings (SSSR count). The van der Waals surface area contributed by atoms with Gasteiger partial charge >= 0.3 is 0 Å². The summed E-state index contributed by atoms with van der Waals surface area (Å²) < 4.78 is 18.5. The number of rotatable bonds is 4. The highest BCUT2D eigenvalue weighted by Gasteiger charge is 2.07. The van der Waals surface area contributed by atoms with Crippen molar-refractivity contribution in [2.24, 2.45) is 0 Å². The molecule has 0 aliphatic heterocycles. The maximum atomic E-state index is 13.0. The van der Waals surface area contributed by atoms with Gasteiger partial charge in [0.15, 0.2) is 5.11 Å². The van der Waals surface area contributed by atoms with Crippen LogP contribution in [0.15, 0.2) is 42.5 Å². The van der Waals surface area contributed by atoms with Crippen LogP contribution in [0.2, 0.25) is 5.02 Å². The van der Waals surface area contributed by atoms with Gasteiger partial charge < -0.3 is 15.4 Å². The van der Waals surface area contributed by atoms with Gasteiger partial charge in [0.1, 0.15) is 11.6 Å². The molecule has 3 nitrogen and oxygen atoms in total. The summed E-state index contributed by atoms with van der Waals surface area (Å²) in [6, 6.07) is 11.5. The molecule has 21 heavy (non-hydrogen) atoms. The standard InChI is InChI=1S/C15H14ClFN2OS/c1-2-20-14-6-4-3-5-13(14)19-15(21)18-12-8-7-10(17)9-11(12)16/h3-9H,2H2,1H3,(H2,18,19,21). The van der Waals surface area contributed by atoms with Gasteiger partial charge in [-0.3, -0.25) is 0 Å². The predicted octanol–water partition coefficient (Wildman–Crippen LogP) is 4.69. The van der Waals surface area contributed by atoms with E-state index in [1.54, 1.807) is 0 Å². The Kier molecular flexibility index (Phi) is 5.36. The zero-order chi connectivity index (χ0) is 15.2. The highest BCUT2D eigenvalue weighted by Crippen LogP contribution is 2.25. The summed E-state index contributed by atoms with van der Waals surface area (Å²) in [6.07, 6.45) is 0. The second-order valence-corrected chi connectivity index (χ2v) is 4.95. The van der Waals surface area contributed by atoms with Crippen LogP contribution in [-0.2, 0) is 0 Å². The van der Waals surface area contributed by atoms with Crippen LogP contribution in [0, 0.1) is 5.82 Å². The molecule has 0 saturated carbocycles. The summed E-state index contributed by atoms with van der Waals surface area (Å²) in [5.74, 6) is 0.306. The number of hydrogen-bond donors (Lipinski definition) is 2. The fourth-order valence-corrected chi connectivity index (χ4v) is 2.15. The van der Waals surface area contributed by atoms with E-state index in [4.69, 9.17) is 28.6 Å². The Labute approximate surface area is 133 Å². The number of thiocarbonyl (C=S) groups is 1. The molecule has 0 unspecified atom stereocenters. The SMILES string of the molecule is CCOc1ccccc1NC(=S)Nc1ccc(F)cc1Cl. The van der Waals surface area contributed by atoms with Gasteiger partial charge in [-0.15, -0.1) is 0 Å². The number of halogens is 2. The monoisotopic (exact) mass is 324 g/mol. The van der Waals surface area contributed by atoms with Gasteiger partial charge in [-0.05, 0) is 49.5 Å². The number of benzene rings is 2. The third kappa shape index (κ3) is 4.31. The average Bonchev–Trinajstić information content (AvgIpc) is 2.44. The molecular formula is C15H14ClFN2OS. The Morgan fingerprint density at radius 1 is 1.19 bits per heavy atom. The molecule has 0 atom stereocenters. The fraction of sp³-hybridized carbons (Fsp3) is 0.133. The molecule has 0 aliphatic carbocycles. The molecule has 2 aromatic rings. The molecule has 0 bridgehead atoms. The van der Waals surface area contributed by atoms with Crippen molar-refractivity contribution in [1.82, 2.24) is 0 Å². The molecule has 6 heteroatoms. The molecule has 110 valence electrons. The summed E-state index contributed by atoms with van der Waals surface area (Å²) in [5.41, 5.74) is 1.28. The van der Waals surface area contributed by atoms with Gasteiger partial charge in [0.05, 0.1) is 23.0 Å². The summed E-state index contributed by atoms with van der Waals surface area (Å²) in [6.45, 7) is 2.47. The van der Waals surface area contributed by atoms with E-state index >= 15 is 0 Å². The minimum atomic E-state index is -0.397. The second kappa shape index (κ2) is 7.24. The quantitative estimate of drug-likeness (QED) is 0.800. The van der Waals surface area contributed by atoms with Crippen molar-refractivity contribution in [3.05, 3.63) is 53.3 Å². The van der Waals surface area contributed by atoms with Crippen LogP contribution in [0.4, 0.5) is 15.8 Å². The van der Waals surface area contributed by atoms with E-state index in [2.05, 4.69) is 10.6 Å². The van der Waals surface area contributed by atoms with E-state index in [0.29, 0.717) is 23.2 Å². The lowest BCUT2D eigenvalue weighted by atomic mass is 10.3. The zero-order valence-corrected chi connectivity index (χ0v) is 12.9. The van der Waals surface area contributed by atoms with Crippen molar-refractivity contribution >= 4 is 40.3 Å². The van der Waals surface area contributed by atoms with Gasteiger partial charge in [0.25, 0.3) is 0 Å². The molecule has 0 aliphatic rings. The van der Waals surface area contributed by atoms with Crippen LogP contribution < -0.4 is 15.4 Å². The van der Waals surface area contributed by atoms with E-state index in [0.717, 1.165) is 5.69 Å². The fourth-order valence-electron chi connectivity index (χ4n) is 1.72. The minimum absolute atomic E-state index is 0.261. The molecule has 0 spiro atoms. The number of para-hydroxylation sites is 2. The molecule has 0 aromatic heterocycles. The molecular weight excluding hydrogens is 311 g/mol. The van der Waals surface area contributed by atoms with E-state index in [-0.39, 0.29) is 5.02 Å². The molecule has 0 radical (unpaired) electrons. The molecule has 2 N–H and O–H groups in total. The van der Waals surface area contributed by atoms with Crippen molar-refractivity contribution in [3.8, 4) is 5.75 Å². The summed E-state index contributed by atoms with van der Waals surface area (Å²) >= 11 is 11.2. The largest absolute Gasteiger partial charge is 0.492 e. The maximum Gasteiger partial charge on any atom is 0.175 e. The third-order valence-electron chi connectivity index (χ3n) is 2.61. The highest BCUT2D eigenvalue weighted by molar-refractivity contribution is 7.80. The third-order valence-corrected chi connectivity index (χ3v) is 3.13. The van der Waals surface area contributed by atoms with Gasteiger partial charge in [-0.25, -0.2) is 4.39 Å². The summed E-state index contributed by atoms with van der Waals surface area (Å²) in [7, 11) is 0. The van der Waals surface area contributed by atoms with Crippen LogP contribution >= 0.6 is 23.8 Å². The molecule has 0 amide bonds. The Balaban J connectivity index is 2.08. The predicted molar refractivity (Wildman–Crippen MR) is 88.9 cm³/mol. The second-order valence-electron chi connectivity index (χ2n) is 4.13. The minimum Gasteiger partial charge on any atom is -0.492 e. The van der Waals surface area contributed by atoms with Crippen LogP contribution in [0.3, 0.4) is 0 Å². The van der Waals surface area contributed by atoms with E-state index in [1.807, 2.05) is 31.2 Å². The van der Waals surface area contributed by atoms with E-state index < -0.39 is 5.82 Å². The van der Waals surface area contributed by atoms with Gasteiger partial charge in [0.2, 0.25) is 0 Å². The summed E-state index contributed by atoms with van der Waals surface area (Å²) in [4.78, 5) is 0. The lowest BCUT2D eigenvalue weighted by molar-refractivity contribution is 0.342. The highest BCUT2D eigenvalue weighted by atomic mass is 35.5. The molecule has 0 fully saturated rings.